The highest BCUT2D eigenvalue weighted by atomic mass is 35.5. The number of rotatable bonds is 1. The number of esters is 1. The van der Waals surface area contributed by atoms with E-state index in [2.05, 4.69) is 4.74 Å². The van der Waals surface area contributed by atoms with Crippen LogP contribution in [0.2, 0.25) is 0 Å². The van der Waals surface area contributed by atoms with Crippen molar-refractivity contribution >= 4 is 18.4 Å². The fraction of sp³-hybridized carbons (Fsp3) is 0.222. The number of phenolic OH excluding ortho intramolecular Hbond substituents is 1. The summed E-state index contributed by atoms with van der Waals surface area (Å²) in [6.07, 6.45) is 0. The molecule has 0 bridgehead atoms. The normalized spacial score (nSPS) is 7.57. The minimum absolute atomic E-state index is 0. The van der Waals surface area contributed by atoms with E-state index in [1.54, 1.807) is 24.3 Å². The summed E-state index contributed by atoms with van der Waals surface area (Å²) in [5, 5.41) is 8.63. The molecule has 0 saturated carbocycles. The Morgan fingerprint density at radius 1 is 1.43 bits per heavy atom. The molecule has 0 aromatic heterocycles. The van der Waals surface area contributed by atoms with E-state index in [0.29, 0.717) is 5.75 Å². The predicted octanol–water partition coefficient (Wildman–Crippen LogP) is 0.932. The molecule has 0 radical (unpaired) electrons. The van der Waals surface area contributed by atoms with Crippen molar-refractivity contribution in [2.75, 3.05) is 13.7 Å². The molecule has 14 heavy (non-hydrogen) atoms. The van der Waals surface area contributed by atoms with E-state index in [9.17, 15) is 4.79 Å². The van der Waals surface area contributed by atoms with E-state index in [-0.39, 0.29) is 24.9 Å². The van der Waals surface area contributed by atoms with Crippen molar-refractivity contribution in [1.29, 1.82) is 0 Å². The number of methoxy groups -OCH3 is 1. The van der Waals surface area contributed by atoms with E-state index in [1.165, 1.54) is 7.11 Å². The second kappa shape index (κ2) is 9.83. The minimum atomic E-state index is -0.380. The molecule has 0 saturated heterocycles. The van der Waals surface area contributed by atoms with Crippen molar-refractivity contribution in [3.63, 3.8) is 0 Å². The summed E-state index contributed by atoms with van der Waals surface area (Å²) in [5.74, 6) is -0.0579. The molecule has 3 N–H and O–H groups in total. The van der Waals surface area contributed by atoms with Gasteiger partial charge in [0.2, 0.25) is 0 Å². The van der Waals surface area contributed by atoms with Crippen LogP contribution in [0.15, 0.2) is 30.3 Å². The first-order chi connectivity index (χ1) is 6.20. The zero-order valence-electron chi connectivity index (χ0n) is 7.84. The number of benzene rings is 1. The number of hydrogen-bond donors (Lipinski definition) is 2. The Morgan fingerprint density at radius 2 is 1.93 bits per heavy atom. The first-order valence-electron chi connectivity index (χ1n) is 3.71. The van der Waals surface area contributed by atoms with Gasteiger partial charge in [-0.2, -0.15) is 0 Å². The number of aromatic hydroxyl groups is 1. The molecule has 4 nitrogen and oxygen atoms in total. The molecule has 0 heterocycles. The topological polar surface area (TPSA) is 72.5 Å². The minimum Gasteiger partial charge on any atom is -0.508 e. The zero-order chi connectivity index (χ0) is 10.1. The number of nitrogens with two attached hydrogens (primary N) is 1. The Hall–Kier alpha value is -1.26. The second-order valence-corrected chi connectivity index (χ2v) is 2.12. The number of para-hydroxylation sites is 1. The lowest BCUT2D eigenvalue weighted by atomic mass is 10.3. The summed E-state index contributed by atoms with van der Waals surface area (Å²) in [6.45, 7) is -0.0312. The van der Waals surface area contributed by atoms with Gasteiger partial charge in [-0.3, -0.25) is 4.79 Å². The van der Waals surface area contributed by atoms with E-state index in [1.807, 2.05) is 6.07 Å². The van der Waals surface area contributed by atoms with Crippen molar-refractivity contribution in [3.8, 4) is 5.75 Å². The number of ether oxygens (including phenoxy) is 1. The number of halogens is 1. The monoisotopic (exact) mass is 219 g/mol. The standard InChI is InChI=1S/C6H6O.C3H7NO2.ClH/c7-6-4-2-1-3-5-6;1-6-3(5)2-4;/h1-5,7H;2,4H2,1H3;1H. The smallest absolute Gasteiger partial charge is 0.319 e. The molecule has 80 valence electrons. The third-order valence-corrected chi connectivity index (χ3v) is 1.15. The van der Waals surface area contributed by atoms with Gasteiger partial charge < -0.3 is 15.6 Å². The molecule has 1 aromatic rings. The van der Waals surface area contributed by atoms with E-state index < -0.39 is 0 Å². The van der Waals surface area contributed by atoms with E-state index in [4.69, 9.17) is 10.8 Å². The molecule has 0 aliphatic heterocycles. The summed E-state index contributed by atoms with van der Waals surface area (Å²) in [7, 11) is 1.30. The Morgan fingerprint density at radius 3 is 2.07 bits per heavy atom. The van der Waals surface area contributed by atoms with Crippen LogP contribution in [0, 0.1) is 0 Å². The average Bonchev–Trinajstić information content (AvgIpc) is 2.19. The highest BCUT2D eigenvalue weighted by Gasteiger charge is 1.87. The van der Waals surface area contributed by atoms with Crippen LogP contribution in [0.3, 0.4) is 0 Å². The van der Waals surface area contributed by atoms with Crippen LogP contribution >= 0.6 is 12.4 Å². The Bertz CT molecular complexity index is 235. The summed E-state index contributed by atoms with van der Waals surface area (Å²) in [6, 6.07) is 8.71. The van der Waals surface area contributed by atoms with Crippen molar-refractivity contribution in [1.82, 2.24) is 0 Å². The Kier molecular flexibility index (Phi) is 10.7. The summed E-state index contributed by atoms with van der Waals surface area (Å²) < 4.78 is 4.14. The molecular weight excluding hydrogens is 206 g/mol. The van der Waals surface area contributed by atoms with Crippen LogP contribution in [-0.4, -0.2) is 24.7 Å². The number of phenols is 1. The van der Waals surface area contributed by atoms with Crippen LogP contribution in [0.1, 0.15) is 0 Å². The summed E-state index contributed by atoms with van der Waals surface area (Å²) >= 11 is 0. The van der Waals surface area contributed by atoms with Crippen molar-refractivity contribution in [3.05, 3.63) is 30.3 Å². The molecular formula is C9H14ClNO3. The highest BCUT2D eigenvalue weighted by Crippen LogP contribution is 2.02. The van der Waals surface area contributed by atoms with Gasteiger partial charge in [0, 0.05) is 0 Å². The molecule has 1 aromatic carbocycles. The van der Waals surface area contributed by atoms with E-state index in [0.717, 1.165) is 0 Å². The van der Waals surface area contributed by atoms with Crippen molar-refractivity contribution in [2.24, 2.45) is 5.73 Å². The fourth-order valence-electron chi connectivity index (χ4n) is 0.511. The lowest BCUT2D eigenvalue weighted by Gasteiger charge is -1.87. The first-order valence-corrected chi connectivity index (χ1v) is 3.71. The molecule has 1 rings (SSSR count). The van der Waals surface area contributed by atoms with Gasteiger partial charge in [0.25, 0.3) is 0 Å². The van der Waals surface area contributed by atoms with E-state index >= 15 is 0 Å². The molecule has 0 aliphatic carbocycles. The van der Waals surface area contributed by atoms with Crippen LogP contribution in [0.4, 0.5) is 0 Å². The largest absolute Gasteiger partial charge is 0.508 e. The van der Waals surface area contributed by atoms with Gasteiger partial charge in [-0.1, -0.05) is 18.2 Å². The fourth-order valence-corrected chi connectivity index (χ4v) is 0.511. The summed E-state index contributed by atoms with van der Waals surface area (Å²) in [5.41, 5.74) is 4.81. The van der Waals surface area contributed by atoms with Gasteiger partial charge >= 0.3 is 5.97 Å². The van der Waals surface area contributed by atoms with Gasteiger partial charge in [0.1, 0.15) is 5.75 Å². The van der Waals surface area contributed by atoms with Gasteiger partial charge in [-0.25, -0.2) is 0 Å². The van der Waals surface area contributed by atoms with Gasteiger partial charge in [-0.05, 0) is 12.1 Å². The molecule has 0 fully saturated rings. The van der Waals surface area contributed by atoms with Gasteiger partial charge in [0.15, 0.2) is 0 Å². The molecule has 5 heteroatoms. The molecule has 0 amide bonds. The van der Waals surface area contributed by atoms with Gasteiger partial charge in [0.05, 0.1) is 13.7 Å². The average molecular weight is 220 g/mol. The molecule has 0 spiro atoms. The maximum atomic E-state index is 9.83. The van der Waals surface area contributed by atoms with Crippen LogP contribution in [0.25, 0.3) is 0 Å². The van der Waals surface area contributed by atoms with Crippen LogP contribution in [-0.2, 0) is 9.53 Å². The quantitative estimate of drug-likeness (QED) is 0.690. The van der Waals surface area contributed by atoms with Crippen LogP contribution < -0.4 is 5.73 Å². The summed E-state index contributed by atoms with van der Waals surface area (Å²) in [4.78, 5) is 9.83. The first kappa shape index (κ1) is 15.2. The highest BCUT2D eigenvalue weighted by molar-refractivity contribution is 5.85. The number of hydrogen-bond acceptors (Lipinski definition) is 4. The Labute approximate surface area is 89.1 Å². The second-order valence-electron chi connectivity index (χ2n) is 2.12. The SMILES string of the molecule is COC(=O)CN.Cl.Oc1ccccc1. The van der Waals surface area contributed by atoms with Crippen LogP contribution in [0.5, 0.6) is 5.75 Å². The molecule has 0 aliphatic rings. The third-order valence-electron chi connectivity index (χ3n) is 1.15. The van der Waals surface area contributed by atoms with Crippen molar-refractivity contribution < 1.29 is 14.6 Å². The van der Waals surface area contributed by atoms with Gasteiger partial charge in [-0.15, -0.1) is 12.4 Å². The third kappa shape index (κ3) is 8.83. The molecule has 0 unspecified atom stereocenters. The molecule has 0 atom stereocenters. The zero-order valence-corrected chi connectivity index (χ0v) is 8.66. The van der Waals surface area contributed by atoms with Crippen molar-refractivity contribution in [2.45, 2.75) is 0 Å². The number of carbonyl (C=O) groups is 1. The number of carbonyl (C=O) groups excluding carboxylic acids is 1. The lowest BCUT2D eigenvalue weighted by Crippen LogP contribution is -2.14. The lowest BCUT2D eigenvalue weighted by molar-refractivity contribution is -0.138. The predicted molar refractivity (Wildman–Crippen MR) is 56.4 cm³/mol. The maximum Gasteiger partial charge on any atom is 0.319 e. The maximum absolute atomic E-state index is 9.83. The Balaban J connectivity index is 0.